The van der Waals surface area contributed by atoms with Crippen LogP contribution in [0.15, 0.2) is 12.3 Å². The van der Waals surface area contributed by atoms with Gasteiger partial charge in [-0.15, -0.1) is 0 Å². The summed E-state index contributed by atoms with van der Waals surface area (Å²) in [6.45, 7) is 4.36. The molecular weight excluding hydrogens is 116 g/mol. The summed E-state index contributed by atoms with van der Waals surface area (Å²) in [7, 11) is 0. The van der Waals surface area contributed by atoms with Gasteiger partial charge in [-0.05, 0) is 26.3 Å². The number of aliphatic hydroxyl groups is 1. The molecular formula is C7H14O2. The van der Waals surface area contributed by atoms with Crippen LogP contribution in [0.2, 0.25) is 0 Å². The lowest BCUT2D eigenvalue weighted by atomic mass is 10.3. The van der Waals surface area contributed by atoms with Gasteiger partial charge >= 0.3 is 0 Å². The zero-order valence-electron chi connectivity index (χ0n) is 6.00. The Morgan fingerprint density at radius 2 is 2.33 bits per heavy atom. The van der Waals surface area contributed by atoms with E-state index in [1.807, 2.05) is 13.0 Å². The van der Waals surface area contributed by atoms with Crippen LogP contribution in [0.25, 0.3) is 0 Å². The molecule has 0 aliphatic rings. The van der Waals surface area contributed by atoms with E-state index < -0.39 is 0 Å². The SMILES string of the molecule is CCO/C=C/CC(C)O. The van der Waals surface area contributed by atoms with E-state index in [0.29, 0.717) is 13.0 Å². The van der Waals surface area contributed by atoms with Crippen molar-refractivity contribution in [2.45, 2.75) is 26.4 Å². The van der Waals surface area contributed by atoms with Crippen LogP contribution in [0, 0.1) is 0 Å². The van der Waals surface area contributed by atoms with Crippen molar-refractivity contribution in [3.8, 4) is 0 Å². The molecule has 0 spiro atoms. The second-order valence-corrected chi connectivity index (χ2v) is 1.91. The van der Waals surface area contributed by atoms with Crippen molar-refractivity contribution in [2.75, 3.05) is 6.61 Å². The monoisotopic (exact) mass is 130 g/mol. The smallest absolute Gasteiger partial charge is 0.0845 e. The van der Waals surface area contributed by atoms with Crippen LogP contribution in [0.5, 0.6) is 0 Å². The summed E-state index contributed by atoms with van der Waals surface area (Å²) in [6, 6.07) is 0. The first-order valence-corrected chi connectivity index (χ1v) is 3.22. The fourth-order valence-corrected chi connectivity index (χ4v) is 0.417. The number of rotatable bonds is 4. The molecule has 0 bridgehead atoms. The summed E-state index contributed by atoms with van der Waals surface area (Å²) in [4.78, 5) is 0. The first-order valence-electron chi connectivity index (χ1n) is 3.22. The summed E-state index contributed by atoms with van der Waals surface area (Å²) in [5.41, 5.74) is 0. The van der Waals surface area contributed by atoms with Crippen molar-refractivity contribution in [3.63, 3.8) is 0 Å². The van der Waals surface area contributed by atoms with Gasteiger partial charge < -0.3 is 9.84 Å². The molecule has 0 saturated heterocycles. The highest BCUT2D eigenvalue weighted by Crippen LogP contribution is 1.90. The molecule has 1 N–H and O–H groups in total. The van der Waals surface area contributed by atoms with Gasteiger partial charge in [-0.2, -0.15) is 0 Å². The van der Waals surface area contributed by atoms with Gasteiger partial charge in [0.15, 0.2) is 0 Å². The maximum Gasteiger partial charge on any atom is 0.0845 e. The minimum atomic E-state index is -0.262. The van der Waals surface area contributed by atoms with Gasteiger partial charge in [-0.3, -0.25) is 0 Å². The number of ether oxygens (including phenoxy) is 1. The molecule has 0 aromatic heterocycles. The lowest BCUT2D eigenvalue weighted by molar-refractivity contribution is 0.196. The topological polar surface area (TPSA) is 29.5 Å². The van der Waals surface area contributed by atoms with Crippen LogP contribution in [0.4, 0.5) is 0 Å². The Bertz CT molecular complexity index is 77.0. The number of aliphatic hydroxyl groups excluding tert-OH is 1. The predicted octanol–water partition coefficient (Wildman–Crippen LogP) is 1.31. The van der Waals surface area contributed by atoms with Crippen LogP contribution >= 0.6 is 0 Å². The lowest BCUT2D eigenvalue weighted by Gasteiger charge is -1.96. The molecule has 9 heavy (non-hydrogen) atoms. The maximum atomic E-state index is 8.74. The number of hydrogen-bond donors (Lipinski definition) is 1. The van der Waals surface area contributed by atoms with Crippen LogP contribution in [0.1, 0.15) is 20.3 Å². The molecule has 0 aromatic carbocycles. The van der Waals surface area contributed by atoms with Crippen molar-refractivity contribution >= 4 is 0 Å². The van der Waals surface area contributed by atoms with E-state index >= 15 is 0 Å². The molecule has 2 nitrogen and oxygen atoms in total. The van der Waals surface area contributed by atoms with E-state index in [2.05, 4.69) is 0 Å². The first kappa shape index (κ1) is 8.50. The minimum absolute atomic E-state index is 0.262. The van der Waals surface area contributed by atoms with E-state index in [1.54, 1.807) is 13.2 Å². The summed E-state index contributed by atoms with van der Waals surface area (Å²) in [5.74, 6) is 0. The molecule has 0 fully saturated rings. The van der Waals surface area contributed by atoms with Crippen molar-refractivity contribution in [2.24, 2.45) is 0 Å². The van der Waals surface area contributed by atoms with E-state index in [9.17, 15) is 0 Å². The van der Waals surface area contributed by atoms with E-state index in [4.69, 9.17) is 9.84 Å². The van der Waals surface area contributed by atoms with Crippen LogP contribution < -0.4 is 0 Å². The quantitative estimate of drug-likeness (QED) is 0.581. The molecule has 0 heterocycles. The van der Waals surface area contributed by atoms with E-state index in [-0.39, 0.29) is 6.10 Å². The fourth-order valence-electron chi connectivity index (χ4n) is 0.417. The molecule has 1 unspecified atom stereocenters. The standard InChI is InChI=1S/C7H14O2/c1-3-9-6-4-5-7(2)8/h4,6-8H,3,5H2,1-2H3/b6-4+. The normalized spacial score (nSPS) is 14.1. The molecule has 0 amide bonds. The number of hydrogen-bond acceptors (Lipinski definition) is 2. The highest BCUT2D eigenvalue weighted by Gasteiger charge is 1.87. The van der Waals surface area contributed by atoms with Gasteiger partial charge in [0, 0.05) is 0 Å². The Morgan fingerprint density at radius 1 is 1.67 bits per heavy atom. The third-order valence-corrected chi connectivity index (χ3v) is 0.836. The second-order valence-electron chi connectivity index (χ2n) is 1.91. The first-order chi connectivity index (χ1) is 4.27. The van der Waals surface area contributed by atoms with Gasteiger partial charge in [-0.1, -0.05) is 0 Å². The molecule has 2 heteroatoms. The van der Waals surface area contributed by atoms with Crippen LogP contribution in [0.3, 0.4) is 0 Å². The summed E-state index contributed by atoms with van der Waals surface area (Å²) in [6.07, 6.45) is 3.84. The zero-order valence-corrected chi connectivity index (χ0v) is 6.00. The van der Waals surface area contributed by atoms with Gasteiger partial charge in [0.2, 0.25) is 0 Å². The molecule has 0 saturated carbocycles. The van der Waals surface area contributed by atoms with Crippen molar-refractivity contribution in [3.05, 3.63) is 12.3 Å². The molecule has 0 aliphatic carbocycles. The molecule has 0 rings (SSSR count). The highest BCUT2D eigenvalue weighted by atomic mass is 16.5. The van der Waals surface area contributed by atoms with Gasteiger partial charge in [0.25, 0.3) is 0 Å². The average molecular weight is 130 g/mol. The highest BCUT2D eigenvalue weighted by molar-refractivity contribution is 4.75. The van der Waals surface area contributed by atoms with Crippen LogP contribution in [-0.4, -0.2) is 17.8 Å². The molecule has 0 aliphatic heterocycles. The van der Waals surface area contributed by atoms with Crippen LogP contribution in [-0.2, 0) is 4.74 Å². The lowest BCUT2D eigenvalue weighted by Crippen LogP contribution is -1.95. The molecule has 54 valence electrons. The summed E-state index contributed by atoms with van der Waals surface area (Å²) >= 11 is 0. The maximum absolute atomic E-state index is 8.74. The Hall–Kier alpha value is -0.500. The Balaban J connectivity index is 3.04. The third kappa shape index (κ3) is 7.50. The Kier molecular flexibility index (Phi) is 5.32. The molecule has 1 atom stereocenters. The summed E-state index contributed by atoms with van der Waals surface area (Å²) in [5, 5.41) is 8.74. The Morgan fingerprint density at radius 3 is 2.78 bits per heavy atom. The third-order valence-electron chi connectivity index (χ3n) is 0.836. The second kappa shape index (κ2) is 5.63. The van der Waals surface area contributed by atoms with E-state index in [1.165, 1.54) is 0 Å². The molecule has 0 aromatic rings. The minimum Gasteiger partial charge on any atom is -0.502 e. The van der Waals surface area contributed by atoms with E-state index in [0.717, 1.165) is 0 Å². The van der Waals surface area contributed by atoms with Gasteiger partial charge in [0.1, 0.15) is 0 Å². The van der Waals surface area contributed by atoms with Gasteiger partial charge in [-0.25, -0.2) is 0 Å². The zero-order chi connectivity index (χ0) is 7.11. The average Bonchev–Trinajstić information content (AvgIpc) is 1.80. The predicted molar refractivity (Wildman–Crippen MR) is 37.1 cm³/mol. The molecule has 0 radical (unpaired) electrons. The Labute approximate surface area is 56.1 Å². The van der Waals surface area contributed by atoms with Gasteiger partial charge in [0.05, 0.1) is 19.0 Å². The fraction of sp³-hybridized carbons (Fsp3) is 0.714. The van der Waals surface area contributed by atoms with Crippen molar-refractivity contribution < 1.29 is 9.84 Å². The largest absolute Gasteiger partial charge is 0.502 e. The van der Waals surface area contributed by atoms with Crippen molar-refractivity contribution in [1.29, 1.82) is 0 Å². The summed E-state index contributed by atoms with van der Waals surface area (Å²) < 4.78 is 4.89. The van der Waals surface area contributed by atoms with Crippen molar-refractivity contribution in [1.82, 2.24) is 0 Å².